The Kier molecular flexibility index (Phi) is 5.78. The normalized spacial score (nSPS) is 12.5. The van der Waals surface area contributed by atoms with Gasteiger partial charge in [-0.15, -0.1) is 0 Å². The minimum Gasteiger partial charge on any atom is -0.392 e. The summed E-state index contributed by atoms with van der Waals surface area (Å²) in [6.07, 6.45) is 5.04. The molecule has 0 aromatic carbocycles. The van der Waals surface area contributed by atoms with E-state index in [1.165, 1.54) is 0 Å². The number of hydrogen-bond donors (Lipinski definition) is 2. The molecule has 0 aliphatic heterocycles. The molecule has 0 aliphatic carbocycles. The van der Waals surface area contributed by atoms with Crippen molar-refractivity contribution in [2.24, 2.45) is 11.8 Å². The molecule has 0 radical (unpaired) electrons. The average Bonchev–Trinajstić information content (AvgIpc) is 2.36. The predicted octanol–water partition coefficient (Wildman–Crippen LogP) is 2.58. The van der Waals surface area contributed by atoms with Crippen LogP contribution in [0, 0.1) is 11.8 Å². The highest BCUT2D eigenvalue weighted by molar-refractivity contribution is 5.93. The highest BCUT2D eigenvalue weighted by atomic mass is 16.3. The van der Waals surface area contributed by atoms with E-state index in [9.17, 15) is 9.90 Å². The number of hydrogen-bond acceptors (Lipinski definition) is 3. The maximum Gasteiger partial charge on any atom is 0.227 e. The molecule has 4 heteroatoms. The lowest BCUT2D eigenvalue weighted by molar-refractivity contribution is -0.121. The van der Waals surface area contributed by atoms with Crippen molar-refractivity contribution in [1.82, 2.24) is 4.98 Å². The van der Waals surface area contributed by atoms with Crippen molar-refractivity contribution in [3.8, 4) is 0 Å². The molecule has 0 saturated heterocycles. The van der Waals surface area contributed by atoms with Crippen molar-refractivity contribution in [2.75, 3.05) is 5.32 Å². The van der Waals surface area contributed by atoms with Crippen LogP contribution in [0.1, 0.15) is 39.2 Å². The number of anilines is 1. The second kappa shape index (κ2) is 7.11. The highest BCUT2D eigenvalue weighted by Gasteiger charge is 2.21. The predicted molar refractivity (Wildman–Crippen MR) is 72.0 cm³/mol. The Bertz CT molecular complexity index is 391. The fraction of sp³-hybridized carbons (Fsp3) is 0.571. The van der Waals surface area contributed by atoms with Gasteiger partial charge in [-0.3, -0.25) is 9.78 Å². The quantitative estimate of drug-likeness (QED) is 0.815. The average molecular weight is 250 g/mol. The van der Waals surface area contributed by atoms with E-state index in [2.05, 4.69) is 31.1 Å². The number of rotatable bonds is 6. The zero-order chi connectivity index (χ0) is 13.5. The summed E-state index contributed by atoms with van der Waals surface area (Å²) < 4.78 is 0. The maximum absolute atomic E-state index is 12.2. The van der Waals surface area contributed by atoms with Gasteiger partial charge in [0.15, 0.2) is 0 Å². The van der Waals surface area contributed by atoms with Gasteiger partial charge in [-0.25, -0.2) is 0 Å². The topological polar surface area (TPSA) is 62.2 Å². The van der Waals surface area contributed by atoms with Gasteiger partial charge in [-0.1, -0.05) is 27.2 Å². The SMILES string of the molecule is CCCC(C(=O)Nc1cnccc1CO)C(C)C. The first-order chi connectivity index (χ1) is 8.60. The van der Waals surface area contributed by atoms with E-state index in [-0.39, 0.29) is 18.4 Å². The van der Waals surface area contributed by atoms with Gasteiger partial charge in [0.05, 0.1) is 18.5 Å². The van der Waals surface area contributed by atoms with Gasteiger partial charge in [0.1, 0.15) is 0 Å². The number of carbonyl (C=O) groups is 1. The summed E-state index contributed by atoms with van der Waals surface area (Å²) in [5.41, 5.74) is 1.30. The monoisotopic (exact) mass is 250 g/mol. The van der Waals surface area contributed by atoms with E-state index < -0.39 is 0 Å². The number of pyridine rings is 1. The molecule has 100 valence electrons. The number of aliphatic hydroxyl groups excluding tert-OH is 1. The smallest absolute Gasteiger partial charge is 0.227 e. The summed E-state index contributed by atoms with van der Waals surface area (Å²) in [5, 5.41) is 12.1. The second-order valence-electron chi connectivity index (χ2n) is 4.82. The largest absolute Gasteiger partial charge is 0.392 e. The van der Waals surface area contributed by atoms with Gasteiger partial charge >= 0.3 is 0 Å². The molecule has 1 heterocycles. The summed E-state index contributed by atoms with van der Waals surface area (Å²) in [4.78, 5) is 16.2. The van der Waals surface area contributed by atoms with Gasteiger partial charge in [0, 0.05) is 17.7 Å². The molecule has 0 aliphatic rings. The van der Waals surface area contributed by atoms with Gasteiger partial charge in [-0.05, 0) is 18.4 Å². The summed E-state index contributed by atoms with van der Waals surface area (Å²) in [5.74, 6) is 0.315. The summed E-state index contributed by atoms with van der Waals surface area (Å²) >= 11 is 0. The summed E-state index contributed by atoms with van der Waals surface area (Å²) in [6.45, 7) is 6.08. The number of carbonyl (C=O) groups excluding carboxylic acids is 1. The molecule has 1 rings (SSSR count). The Hall–Kier alpha value is -1.42. The molecule has 4 nitrogen and oxygen atoms in total. The van der Waals surface area contributed by atoms with Gasteiger partial charge in [0.25, 0.3) is 0 Å². The highest BCUT2D eigenvalue weighted by Crippen LogP contribution is 2.21. The van der Waals surface area contributed by atoms with Crippen molar-refractivity contribution in [2.45, 2.75) is 40.2 Å². The number of aliphatic hydroxyl groups is 1. The van der Waals surface area contributed by atoms with E-state index in [0.717, 1.165) is 12.8 Å². The molecule has 0 fully saturated rings. The Balaban J connectivity index is 2.79. The first-order valence-electron chi connectivity index (χ1n) is 6.44. The number of aromatic nitrogens is 1. The fourth-order valence-corrected chi connectivity index (χ4v) is 1.98. The lowest BCUT2D eigenvalue weighted by atomic mass is 9.90. The number of nitrogens with one attached hydrogen (secondary N) is 1. The van der Waals surface area contributed by atoms with E-state index in [1.807, 2.05) is 0 Å². The summed E-state index contributed by atoms with van der Waals surface area (Å²) in [6, 6.07) is 1.71. The molecule has 2 N–H and O–H groups in total. The van der Waals surface area contributed by atoms with E-state index >= 15 is 0 Å². The maximum atomic E-state index is 12.2. The zero-order valence-electron chi connectivity index (χ0n) is 11.3. The molecule has 18 heavy (non-hydrogen) atoms. The van der Waals surface area contributed by atoms with Crippen LogP contribution in [0.4, 0.5) is 5.69 Å². The first-order valence-corrected chi connectivity index (χ1v) is 6.44. The molecule has 1 amide bonds. The van der Waals surface area contributed by atoms with Crippen LogP contribution in [0.3, 0.4) is 0 Å². The van der Waals surface area contributed by atoms with Crippen molar-refractivity contribution in [1.29, 1.82) is 0 Å². The Labute approximate surface area is 108 Å². The van der Waals surface area contributed by atoms with Crippen molar-refractivity contribution >= 4 is 11.6 Å². The van der Waals surface area contributed by atoms with E-state index in [4.69, 9.17) is 0 Å². The molecular weight excluding hydrogens is 228 g/mol. The minimum absolute atomic E-state index is 0.00162. The summed E-state index contributed by atoms with van der Waals surface area (Å²) in [7, 11) is 0. The zero-order valence-corrected chi connectivity index (χ0v) is 11.3. The first kappa shape index (κ1) is 14.6. The van der Waals surface area contributed by atoms with Crippen LogP contribution in [0.2, 0.25) is 0 Å². The standard InChI is InChI=1S/C14H22N2O2/c1-4-5-12(10(2)3)14(18)16-13-8-15-7-6-11(13)9-17/h6-8,10,12,17H,4-5,9H2,1-3H3,(H,16,18). The lowest BCUT2D eigenvalue weighted by Gasteiger charge is -2.20. The molecule has 1 aromatic rings. The molecule has 0 saturated carbocycles. The third kappa shape index (κ3) is 3.81. The third-order valence-corrected chi connectivity index (χ3v) is 3.08. The lowest BCUT2D eigenvalue weighted by Crippen LogP contribution is -2.27. The molecular formula is C14H22N2O2. The van der Waals surface area contributed by atoms with Crippen LogP contribution in [0.5, 0.6) is 0 Å². The van der Waals surface area contributed by atoms with Crippen LogP contribution < -0.4 is 5.32 Å². The van der Waals surface area contributed by atoms with Crippen molar-refractivity contribution in [3.05, 3.63) is 24.0 Å². The van der Waals surface area contributed by atoms with Crippen LogP contribution in [-0.4, -0.2) is 16.0 Å². The Morgan fingerprint density at radius 2 is 2.22 bits per heavy atom. The van der Waals surface area contributed by atoms with Crippen LogP contribution in [0.15, 0.2) is 18.5 Å². The molecule has 1 aromatic heterocycles. The third-order valence-electron chi connectivity index (χ3n) is 3.08. The van der Waals surface area contributed by atoms with E-state index in [1.54, 1.807) is 18.5 Å². The second-order valence-corrected chi connectivity index (χ2v) is 4.82. The van der Waals surface area contributed by atoms with Crippen molar-refractivity contribution in [3.63, 3.8) is 0 Å². The molecule has 1 unspecified atom stereocenters. The van der Waals surface area contributed by atoms with Crippen LogP contribution >= 0.6 is 0 Å². The number of nitrogens with zero attached hydrogens (tertiary/aromatic N) is 1. The Morgan fingerprint density at radius 1 is 1.50 bits per heavy atom. The Morgan fingerprint density at radius 3 is 2.78 bits per heavy atom. The molecule has 0 bridgehead atoms. The van der Waals surface area contributed by atoms with Gasteiger partial charge < -0.3 is 10.4 Å². The van der Waals surface area contributed by atoms with Gasteiger partial charge in [0.2, 0.25) is 5.91 Å². The van der Waals surface area contributed by atoms with Crippen LogP contribution in [0.25, 0.3) is 0 Å². The number of amides is 1. The molecule has 0 spiro atoms. The van der Waals surface area contributed by atoms with E-state index in [0.29, 0.717) is 17.2 Å². The van der Waals surface area contributed by atoms with Crippen molar-refractivity contribution < 1.29 is 9.90 Å². The fourth-order valence-electron chi connectivity index (χ4n) is 1.98. The van der Waals surface area contributed by atoms with Crippen LogP contribution in [-0.2, 0) is 11.4 Å². The molecule has 1 atom stereocenters. The minimum atomic E-state index is -0.0990. The van der Waals surface area contributed by atoms with Gasteiger partial charge in [-0.2, -0.15) is 0 Å².